The second-order valence-corrected chi connectivity index (χ2v) is 8.44. The number of nitrogens with one attached hydrogen (secondary N) is 2. The van der Waals surface area contributed by atoms with Gasteiger partial charge in [-0.3, -0.25) is 15.0 Å². The Labute approximate surface area is 204 Å². The van der Waals surface area contributed by atoms with Crippen LogP contribution in [0.15, 0.2) is 82.6 Å². The van der Waals surface area contributed by atoms with Crippen LogP contribution in [-0.4, -0.2) is 23.8 Å². The smallest absolute Gasteiger partial charge is 0.127 e. The average molecular weight is 469 g/mol. The highest BCUT2D eigenvalue weighted by atomic mass is 32.1. The number of aryl methyl sites for hydroxylation is 1. The molecule has 0 bridgehead atoms. The fourth-order valence-electron chi connectivity index (χ4n) is 3.27. The standard InChI is InChI=1S/C27H28N6S/c1-19-12-21(4-5-23(19)13-20(2)26-17-31-18-34-26)16-32-27(10-11-30-3)33-25-8-6-22(7-9-25)24(14-28)15-29/h4-15,17-18,28H,3,16,29H2,1-2H3,(H,32,33)/b11-10-,20-13+,24-15+,28-14?. The van der Waals surface area contributed by atoms with Gasteiger partial charge in [0.05, 0.1) is 12.1 Å². The number of thiazole rings is 1. The first-order valence-electron chi connectivity index (χ1n) is 10.7. The molecule has 0 aliphatic carbocycles. The van der Waals surface area contributed by atoms with Crippen LogP contribution in [-0.2, 0) is 6.54 Å². The fourth-order valence-corrected chi connectivity index (χ4v) is 3.87. The second-order valence-electron chi connectivity index (χ2n) is 7.55. The summed E-state index contributed by atoms with van der Waals surface area (Å²) in [7, 11) is 0. The topological polar surface area (TPSA) is 99.5 Å². The SMILES string of the molecule is C=N/C=C\C(=NCc1ccc(/C=C(\C)c2cncs2)c(C)c1)Nc1ccc(/C(C=N)=C/N)cc1. The highest BCUT2D eigenvalue weighted by Gasteiger charge is 2.04. The first-order chi connectivity index (χ1) is 16.5. The Bertz CT molecular complexity index is 1250. The van der Waals surface area contributed by atoms with Gasteiger partial charge in [-0.15, -0.1) is 11.3 Å². The largest absolute Gasteiger partial charge is 0.404 e. The quantitative estimate of drug-likeness (QED) is 0.258. The Morgan fingerprint density at radius 2 is 2.03 bits per heavy atom. The molecule has 0 aliphatic heterocycles. The molecule has 0 radical (unpaired) electrons. The number of nitrogens with two attached hydrogens (primary N) is 1. The Morgan fingerprint density at radius 1 is 1.24 bits per heavy atom. The number of hydrogen-bond donors (Lipinski definition) is 3. The number of benzene rings is 2. The number of aromatic nitrogens is 1. The monoisotopic (exact) mass is 468 g/mol. The van der Waals surface area contributed by atoms with E-state index >= 15 is 0 Å². The van der Waals surface area contributed by atoms with Gasteiger partial charge in [0.25, 0.3) is 0 Å². The van der Waals surface area contributed by atoms with E-state index in [0.29, 0.717) is 18.0 Å². The molecule has 0 aliphatic rings. The van der Waals surface area contributed by atoms with Gasteiger partial charge in [-0.1, -0.05) is 36.4 Å². The predicted molar refractivity (Wildman–Crippen MR) is 148 cm³/mol. The summed E-state index contributed by atoms with van der Waals surface area (Å²) in [6.45, 7) is 8.24. The molecule has 0 saturated heterocycles. The van der Waals surface area contributed by atoms with Crippen molar-refractivity contribution in [3.05, 3.63) is 99.8 Å². The molecule has 0 amide bonds. The van der Waals surface area contributed by atoms with Gasteiger partial charge >= 0.3 is 0 Å². The maximum atomic E-state index is 7.43. The first-order valence-corrected chi connectivity index (χ1v) is 11.6. The Balaban J connectivity index is 1.75. The summed E-state index contributed by atoms with van der Waals surface area (Å²) in [5.74, 6) is 0.671. The molecule has 3 aromatic rings. The van der Waals surface area contributed by atoms with Crippen LogP contribution >= 0.6 is 11.3 Å². The van der Waals surface area contributed by atoms with E-state index in [9.17, 15) is 0 Å². The number of aliphatic imine (C=N–C) groups is 2. The fraction of sp³-hybridized carbons (Fsp3) is 0.111. The van der Waals surface area contributed by atoms with E-state index in [1.54, 1.807) is 23.6 Å². The lowest BCUT2D eigenvalue weighted by Gasteiger charge is -2.09. The van der Waals surface area contributed by atoms with E-state index < -0.39 is 0 Å². The third-order valence-electron chi connectivity index (χ3n) is 5.12. The maximum Gasteiger partial charge on any atom is 0.127 e. The molecule has 172 valence electrons. The van der Waals surface area contributed by atoms with Gasteiger partial charge in [-0.25, -0.2) is 0 Å². The lowest BCUT2D eigenvalue weighted by Crippen LogP contribution is -2.09. The maximum absolute atomic E-state index is 7.43. The molecular formula is C27H28N6S. The van der Waals surface area contributed by atoms with Gasteiger partial charge in [0.1, 0.15) is 5.84 Å². The summed E-state index contributed by atoms with van der Waals surface area (Å²) in [6.07, 6.45) is 10.1. The zero-order valence-electron chi connectivity index (χ0n) is 19.3. The average Bonchev–Trinajstić information content (AvgIpc) is 3.39. The van der Waals surface area contributed by atoms with Gasteiger partial charge in [-0.2, -0.15) is 0 Å². The molecule has 3 rings (SSSR count). The van der Waals surface area contributed by atoms with Gasteiger partial charge in [0.2, 0.25) is 0 Å². The van der Waals surface area contributed by atoms with Crippen LogP contribution in [0.1, 0.15) is 34.1 Å². The lowest BCUT2D eigenvalue weighted by molar-refractivity contribution is 1.06. The lowest BCUT2D eigenvalue weighted by atomic mass is 10.0. The molecular weight excluding hydrogens is 440 g/mol. The molecule has 4 N–H and O–H groups in total. The van der Waals surface area contributed by atoms with Gasteiger partial charge in [0.15, 0.2) is 0 Å². The van der Waals surface area contributed by atoms with Crippen molar-refractivity contribution in [2.24, 2.45) is 15.7 Å². The minimum Gasteiger partial charge on any atom is -0.404 e. The first kappa shape index (κ1) is 24.5. The van der Waals surface area contributed by atoms with Gasteiger partial charge < -0.3 is 16.5 Å². The van der Waals surface area contributed by atoms with Crippen LogP contribution in [0.25, 0.3) is 17.2 Å². The van der Waals surface area contributed by atoms with Crippen LogP contribution in [0.4, 0.5) is 5.69 Å². The minimum atomic E-state index is 0.522. The van der Waals surface area contributed by atoms with E-state index in [-0.39, 0.29) is 0 Å². The van der Waals surface area contributed by atoms with Crippen LogP contribution in [0.2, 0.25) is 0 Å². The number of allylic oxidation sites excluding steroid dienone is 2. The second kappa shape index (κ2) is 12.2. The van der Waals surface area contributed by atoms with Crippen molar-refractivity contribution in [2.75, 3.05) is 5.32 Å². The third-order valence-corrected chi connectivity index (χ3v) is 6.03. The Kier molecular flexibility index (Phi) is 8.82. The van der Waals surface area contributed by atoms with Crippen LogP contribution in [0.3, 0.4) is 0 Å². The van der Waals surface area contributed by atoms with Crippen LogP contribution in [0.5, 0.6) is 0 Å². The van der Waals surface area contributed by atoms with Crippen molar-refractivity contribution in [1.29, 1.82) is 5.41 Å². The number of amidine groups is 1. The van der Waals surface area contributed by atoms with E-state index in [4.69, 9.17) is 16.1 Å². The molecule has 34 heavy (non-hydrogen) atoms. The van der Waals surface area contributed by atoms with E-state index in [1.807, 2.05) is 36.0 Å². The molecule has 6 nitrogen and oxygen atoms in total. The van der Waals surface area contributed by atoms with E-state index in [0.717, 1.165) is 16.8 Å². The van der Waals surface area contributed by atoms with Crippen molar-refractivity contribution in [3.63, 3.8) is 0 Å². The van der Waals surface area contributed by atoms with Crippen molar-refractivity contribution in [1.82, 2.24) is 4.98 Å². The molecule has 0 atom stereocenters. The van der Waals surface area contributed by atoms with Crippen LogP contribution < -0.4 is 11.1 Å². The summed E-state index contributed by atoms with van der Waals surface area (Å²) < 4.78 is 0. The predicted octanol–water partition coefficient (Wildman–Crippen LogP) is 6.19. The molecule has 0 fully saturated rings. The highest BCUT2D eigenvalue weighted by molar-refractivity contribution is 7.10. The summed E-state index contributed by atoms with van der Waals surface area (Å²) >= 11 is 1.64. The van der Waals surface area contributed by atoms with Crippen molar-refractivity contribution in [2.45, 2.75) is 20.4 Å². The molecule has 0 saturated carbocycles. The normalized spacial score (nSPS) is 12.7. The van der Waals surface area contributed by atoms with Gasteiger partial charge in [-0.05, 0) is 66.6 Å². The van der Waals surface area contributed by atoms with Crippen molar-refractivity contribution in [3.8, 4) is 0 Å². The number of nitrogens with zero attached hydrogens (tertiary/aromatic N) is 3. The molecule has 0 unspecified atom stereocenters. The van der Waals surface area contributed by atoms with Crippen LogP contribution in [0, 0.1) is 12.3 Å². The third kappa shape index (κ3) is 6.70. The van der Waals surface area contributed by atoms with Crippen molar-refractivity contribution >= 4 is 53.0 Å². The van der Waals surface area contributed by atoms with Crippen molar-refractivity contribution < 1.29 is 0 Å². The number of rotatable bonds is 9. The summed E-state index contributed by atoms with van der Waals surface area (Å²) in [5, 5.41) is 10.7. The Morgan fingerprint density at radius 3 is 2.65 bits per heavy atom. The molecule has 2 aromatic carbocycles. The molecule has 7 heteroatoms. The molecule has 1 aromatic heterocycles. The minimum absolute atomic E-state index is 0.522. The Hall–Kier alpha value is -4.10. The zero-order valence-corrected chi connectivity index (χ0v) is 20.1. The molecule has 0 spiro atoms. The zero-order chi connectivity index (χ0) is 24.3. The number of hydrogen-bond acceptors (Lipinski definition) is 6. The van der Waals surface area contributed by atoms with E-state index in [1.165, 1.54) is 34.0 Å². The summed E-state index contributed by atoms with van der Waals surface area (Å²) in [5.41, 5.74) is 14.5. The summed E-state index contributed by atoms with van der Waals surface area (Å²) in [4.78, 5) is 13.9. The highest BCUT2D eigenvalue weighted by Crippen LogP contribution is 2.23. The van der Waals surface area contributed by atoms with E-state index in [2.05, 4.69) is 60.1 Å². The number of anilines is 1. The molecule has 1 heterocycles. The van der Waals surface area contributed by atoms with Gasteiger partial charge in [0, 0.05) is 40.9 Å². The summed E-state index contributed by atoms with van der Waals surface area (Å²) in [6, 6.07) is 14.0.